The molecule has 3 fully saturated rings. The summed E-state index contributed by atoms with van der Waals surface area (Å²) in [7, 11) is 1.94. The molecule has 0 aromatic rings. The molecule has 1 spiro atoms. The topological polar surface area (TPSA) is 32.8 Å². The lowest BCUT2D eigenvalue weighted by Crippen LogP contribution is -2.61. The Kier molecular flexibility index (Phi) is 4.92. The summed E-state index contributed by atoms with van der Waals surface area (Å²) in [5.41, 5.74) is -0.349. The van der Waals surface area contributed by atoms with Crippen LogP contribution in [0.2, 0.25) is 0 Å². The first-order valence-electron chi connectivity index (χ1n) is 8.74. The molecular formula is C17H28Cl2N2O2. The molecule has 1 aliphatic carbocycles. The molecule has 0 unspecified atom stereocenters. The maximum absolute atomic E-state index is 13.1. The van der Waals surface area contributed by atoms with Crippen molar-refractivity contribution in [2.45, 2.75) is 57.8 Å². The number of alkyl halides is 2. The normalized spacial score (nSPS) is 44.6. The molecular weight excluding hydrogens is 335 g/mol. The van der Waals surface area contributed by atoms with Gasteiger partial charge in [-0.1, -0.05) is 27.2 Å². The van der Waals surface area contributed by atoms with E-state index < -0.39 is 0 Å². The van der Waals surface area contributed by atoms with Gasteiger partial charge in [0.15, 0.2) is 0 Å². The number of hydroxylamine groups is 2. The fraction of sp³-hybridized carbons (Fsp3) is 0.941. The minimum absolute atomic E-state index is 0.0338. The first-order valence-corrected chi connectivity index (χ1v) is 9.81. The van der Waals surface area contributed by atoms with Crippen molar-refractivity contribution in [1.29, 1.82) is 0 Å². The maximum Gasteiger partial charge on any atom is 0.244 e. The Labute approximate surface area is 149 Å². The number of hydrogen-bond acceptors (Lipinski definition) is 3. The lowest BCUT2D eigenvalue weighted by atomic mass is 9.69. The zero-order valence-corrected chi connectivity index (χ0v) is 16.0. The number of rotatable bonds is 3. The average molecular weight is 363 g/mol. The molecule has 132 valence electrons. The van der Waals surface area contributed by atoms with Crippen LogP contribution in [0.4, 0.5) is 0 Å². The van der Waals surface area contributed by atoms with E-state index >= 15 is 0 Å². The third kappa shape index (κ3) is 2.44. The minimum atomic E-state index is -0.349. The summed E-state index contributed by atoms with van der Waals surface area (Å²) in [6.07, 6.45) is 3.13. The largest absolute Gasteiger partial charge is 0.323 e. The second-order valence-electron chi connectivity index (χ2n) is 7.90. The van der Waals surface area contributed by atoms with Crippen LogP contribution in [0.3, 0.4) is 0 Å². The van der Waals surface area contributed by atoms with Crippen LogP contribution < -0.4 is 0 Å². The molecule has 2 saturated heterocycles. The van der Waals surface area contributed by atoms with Crippen molar-refractivity contribution in [3.63, 3.8) is 0 Å². The monoisotopic (exact) mass is 362 g/mol. The minimum Gasteiger partial charge on any atom is -0.323 e. The first kappa shape index (κ1) is 17.8. The van der Waals surface area contributed by atoms with E-state index in [1.165, 1.54) is 6.42 Å². The van der Waals surface area contributed by atoms with Gasteiger partial charge in [-0.3, -0.25) is 9.63 Å². The highest BCUT2D eigenvalue weighted by molar-refractivity contribution is 6.19. The third-order valence-electron chi connectivity index (χ3n) is 6.28. The summed E-state index contributed by atoms with van der Waals surface area (Å²) in [6, 6.07) is -0.284. The molecule has 3 aliphatic rings. The van der Waals surface area contributed by atoms with Gasteiger partial charge >= 0.3 is 0 Å². The van der Waals surface area contributed by atoms with Crippen LogP contribution in [0.15, 0.2) is 0 Å². The lowest BCUT2D eigenvalue weighted by Gasteiger charge is -2.52. The number of likely N-dealkylation sites (N-methyl/N-ethyl adjacent to an activating group) is 1. The highest BCUT2D eigenvalue weighted by Gasteiger charge is 2.67. The molecule has 0 aromatic heterocycles. The van der Waals surface area contributed by atoms with Crippen LogP contribution in [-0.2, 0) is 9.63 Å². The van der Waals surface area contributed by atoms with Crippen molar-refractivity contribution >= 4 is 29.1 Å². The molecule has 4 nitrogen and oxygen atoms in total. The Morgan fingerprint density at radius 1 is 1.30 bits per heavy atom. The molecule has 0 radical (unpaired) electrons. The summed E-state index contributed by atoms with van der Waals surface area (Å²) >= 11 is 12.3. The first-order chi connectivity index (χ1) is 10.9. The van der Waals surface area contributed by atoms with Crippen molar-refractivity contribution in [2.75, 3.05) is 18.8 Å². The van der Waals surface area contributed by atoms with Crippen LogP contribution in [0.1, 0.15) is 40.0 Å². The molecule has 2 heterocycles. The van der Waals surface area contributed by atoms with Gasteiger partial charge < -0.3 is 4.90 Å². The van der Waals surface area contributed by atoms with Gasteiger partial charge in [0.25, 0.3) is 0 Å². The predicted molar refractivity (Wildman–Crippen MR) is 92.3 cm³/mol. The molecule has 0 bridgehead atoms. The van der Waals surface area contributed by atoms with Gasteiger partial charge in [-0.2, -0.15) is 0 Å². The highest BCUT2D eigenvalue weighted by atomic mass is 35.5. The SMILES string of the molecule is CC(C)[C@@H]1CC[C@@H](C)C[C@]12N(C)C(=O)[C@@H]1[C@@H](CCl)[C@@H](CCl)ON12. The van der Waals surface area contributed by atoms with E-state index in [-0.39, 0.29) is 29.6 Å². The number of halogens is 2. The van der Waals surface area contributed by atoms with E-state index in [2.05, 4.69) is 20.8 Å². The van der Waals surface area contributed by atoms with Crippen LogP contribution in [0, 0.1) is 23.7 Å². The van der Waals surface area contributed by atoms with E-state index in [0.717, 1.165) is 12.8 Å². The van der Waals surface area contributed by atoms with E-state index in [4.69, 9.17) is 28.0 Å². The van der Waals surface area contributed by atoms with Crippen LogP contribution >= 0.6 is 23.2 Å². The number of amides is 1. The summed E-state index contributed by atoms with van der Waals surface area (Å²) < 4.78 is 0. The average Bonchev–Trinajstić information content (AvgIpc) is 2.98. The van der Waals surface area contributed by atoms with Gasteiger partial charge in [-0.05, 0) is 24.7 Å². The zero-order valence-electron chi connectivity index (χ0n) is 14.5. The molecule has 0 aromatic carbocycles. The van der Waals surface area contributed by atoms with E-state index in [9.17, 15) is 4.79 Å². The standard InChI is InChI=1S/C17H28Cl2N2O2/c1-10(2)13-6-5-11(3)7-17(13)20(4)16(22)15-12(8-18)14(9-19)23-21(15)17/h10-15H,5-9H2,1-4H3/t11-,12+,13+,14-,15+,17-/m1/s1. The number of nitrogens with zero attached hydrogens (tertiary/aromatic N) is 2. The summed E-state index contributed by atoms with van der Waals surface area (Å²) in [4.78, 5) is 21.3. The molecule has 1 amide bonds. The number of carbonyl (C=O) groups excluding carboxylic acids is 1. The van der Waals surface area contributed by atoms with Crippen LogP contribution in [-0.4, -0.2) is 52.5 Å². The molecule has 6 heteroatoms. The van der Waals surface area contributed by atoms with Gasteiger partial charge in [0.05, 0.1) is 12.0 Å². The summed E-state index contributed by atoms with van der Waals surface area (Å²) in [6.45, 7) is 6.78. The van der Waals surface area contributed by atoms with Gasteiger partial charge in [-0.25, -0.2) is 0 Å². The second-order valence-corrected chi connectivity index (χ2v) is 8.52. The Morgan fingerprint density at radius 3 is 2.57 bits per heavy atom. The number of fused-ring (bicyclic) bond motifs is 2. The smallest absolute Gasteiger partial charge is 0.244 e. The molecule has 23 heavy (non-hydrogen) atoms. The molecule has 1 saturated carbocycles. The fourth-order valence-electron chi connectivity index (χ4n) is 5.11. The molecule has 2 aliphatic heterocycles. The number of hydrogen-bond donors (Lipinski definition) is 0. The van der Waals surface area contributed by atoms with Crippen molar-refractivity contribution in [3.05, 3.63) is 0 Å². The Bertz CT molecular complexity index is 476. The van der Waals surface area contributed by atoms with E-state index in [1.54, 1.807) is 0 Å². The van der Waals surface area contributed by atoms with Crippen molar-refractivity contribution in [3.8, 4) is 0 Å². The highest BCUT2D eigenvalue weighted by Crippen LogP contribution is 2.54. The van der Waals surface area contributed by atoms with Crippen LogP contribution in [0.5, 0.6) is 0 Å². The summed E-state index contributed by atoms with van der Waals surface area (Å²) in [5, 5.41) is 2.01. The number of carbonyl (C=O) groups is 1. The fourth-order valence-corrected chi connectivity index (χ4v) is 5.77. The van der Waals surface area contributed by atoms with Gasteiger partial charge in [0.1, 0.15) is 11.7 Å². The second kappa shape index (κ2) is 6.36. The molecule has 6 atom stereocenters. The summed E-state index contributed by atoms with van der Waals surface area (Å²) in [5.74, 6) is 2.35. The molecule has 3 rings (SSSR count). The van der Waals surface area contributed by atoms with Crippen molar-refractivity contribution in [1.82, 2.24) is 9.96 Å². The van der Waals surface area contributed by atoms with Gasteiger partial charge in [-0.15, -0.1) is 28.3 Å². The Hall–Kier alpha value is -0.0300. The predicted octanol–water partition coefficient (Wildman–Crippen LogP) is 3.33. The van der Waals surface area contributed by atoms with Crippen LogP contribution in [0.25, 0.3) is 0 Å². The Morgan fingerprint density at radius 2 is 2.00 bits per heavy atom. The maximum atomic E-state index is 13.1. The third-order valence-corrected chi connectivity index (χ3v) is 6.94. The molecule has 0 N–H and O–H groups in total. The van der Waals surface area contributed by atoms with E-state index in [1.807, 2.05) is 17.0 Å². The van der Waals surface area contributed by atoms with Crippen molar-refractivity contribution in [2.24, 2.45) is 23.7 Å². The lowest BCUT2D eigenvalue weighted by molar-refractivity contribution is -0.261. The van der Waals surface area contributed by atoms with Gasteiger partial charge in [0, 0.05) is 24.8 Å². The zero-order chi connectivity index (χ0) is 16.9. The van der Waals surface area contributed by atoms with Gasteiger partial charge in [0.2, 0.25) is 5.91 Å². The Balaban J connectivity index is 2.05. The van der Waals surface area contributed by atoms with Crippen molar-refractivity contribution < 1.29 is 9.63 Å². The quantitative estimate of drug-likeness (QED) is 0.721. The van der Waals surface area contributed by atoms with E-state index in [0.29, 0.717) is 29.5 Å².